The van der Waals surface area contributed by atoms with Gasteiger partial charge in [0, 0.05) is 32.2 Å². The first kappa shape index (κ1) is 16.3. The third-order valence-corrected chi connectivity index (χ3v) is 3.76. The summed E-state index contributed by atoms with van der Waals surface area (Å²) in [4.78, 5) is 6.70. The molecule has 3 rings (SSSR count). The van der Waals surface area contributed by atoms with Crippen LogP contribution in [0, 0.1) is 11.8 Å². The molecule has 0 radical (unpaired) electrons. The van der Waals surface area contributed by atoms with E-state index in [1.54, 1.807) is 6.20 Å². The molecule has 0 spiro atoms. The van der Waals surface area contributed by atoms with E-state index in [0.717, 1.165) is 30.7 Å². The van der Waals surface area contributed by atoms with Crippen LogP contribution in [0.4, 0.5) is 5.69 Å². The van der Waals surface area contributed by atoms with Gasteiger partial charge < -0.3 is 15.0 Å². The summed E-state index contributed by atoms with van der Waals surface area (Å²) >= 11 is 0. The fourth-order valence-corrected chi connectivity index (χ4v) is 2.89. The second-order valence-corrected chi connectivity index (χ2v) is 4.90. The molecule has 0 aromatic carbocycles. The molecular formula is C13H21Cl2N3O. The van der Waals surface area contributed by atoms with Crippen LogP contribution in [0.1, 0.15) is 6.92 Å². The van der Waals surface area contributed by atoms with Gasteiger partial charge in [0.05, 0.1) is 24.7 Å². The first-order valence-corrected chi connectivity index (χ1v) is 6.40. The van der Waals surface area contributed by atoms with Gasteiger partial charge in [-0.1, -0.05) is 0 Å². The summed E-state index contributed by atoms with van der Waals surface area (Å²) in [6.07, 6.45) is 3.72. The summed E-state index contributed by atoms with van der Waals surface area (Å²) in [5.41, 5.74) is 1.20. The molecular weight excluding hydrogens is 285 g/mol. The van der Waals surface area contributed by atoms with Crippen molar-refractivity contribution < 1.29 is 4.74 Å². The van der Waals surface area contributed by atoms with Crippen LogP contribution in [0.3, 0.4) is 0 Å². The average molecular weight is 306 g/mol. The highest BCUT2D eigenvalue weighted by molar-refractivity contribution is 5.85. The van der Waals surface area contributed by atoms with E-state index in [9.17, 15) is 0 Å². The van der Waals surface area contributed by atoms with Crippen molar-refractivity contribution >= 4 is 30.5 Å². The zero-order valence-corrected chi connectivity index (χ0v) is 12.7. The number of anilines is 1. The van der Waals surface area contributed by atoms with E-state index in [0.29, 0.717) is 6.61 Å². The highest BCUT2D eigenvalue weighted by Crippen LogP contribution is 2.31. The Morgan fingerprint density at radius 3 is 2.58 bits per heavy atom. The molecule has 0 aliphatic carbocycles. The SMILES string of the molecule is CCOc1cncc(N2CC3CNCC3C2)c1.Cl.Cl. The molecule has 1 aromatic rings. The summed E-state index contributed by atoms with van der Waals surface area (Å²) in [5.74, 6) is 2.50. The Kier molecular flexibility index (Phi) is 6.17. The molecule has 2 atom stereocenters. The van der Waals surface area contributed by atoms with Crippen molar-refractivity contribution in [2.75, 3.05) is 37.7 Å². The highest BCUT2D eigenvalue weighted by Gasteiger charge is 2.36. The van der Waals surface area contributed by atoms with Crippen LogP contribution in [-0.2, 0) is 0 Å². The fraction of sp³-hybridized carbons (Fsp3) is 0.615. The van der Waals surface area contributed by atoms with Crippen LogP contribution in [0.2, 0.25) is 0 Å². The van der Waals surface area contributed by atoms with Gasteiger partial charge in [0.15, 0.2) is 0 Å². The molecule has 2 unspecified atom stereocenters. The zero-order valence-electron chi connectivity index (χ0n) is 11.0. The number of aromatic nitrogens is 1. The molecule has 19 heavy (non-hydrogen) atoms. The molecule has 108 valence electrons. The summed E-state index contributed by atoms with van der Waals surface area (Å²) in [5, 5.41) is 3.46. The predicted octanol–water partition coefficient (Wildman–Crippen LogP) is 1.98. The maximum atomic E-state index is 5.50. The quantitative estimate of drug-likeness (QED) is 0.926. The number of nitrogens with one attached hydrogen (secondary N) is 1. The van der Waals surface area contributed by atoms with E-state index in [1.807, 2.05) is 13.1 Å². The monoisotopic (exact) mass is 305 g/mol. The van der Waals surface area contributed by atoms with E-state index in [1.165, 1.54) is 18.8 Å². The Morgan fingerprint density at radius 1 is 1.26 bits per heavy atom. The van der Waals surface area contributed by atoms with Crippen molar-refractivity contribution in [3.63, 3.8) is 0 Å². The molecule has 2 aliphatic heterocycles. The fourth-order valence-electron chi connectivity index (χ4n) is 2.89. The molecule has 2 aliphatic rings. The maximum Gasteiger partial charge on any atom is 0.139 e. The van der Waals surface area contributed by atoms with E-state index in [2.05, 4.69) is 21.3 Å². The van der Waals surface area contributed by atoms with Gasteiger partial charge in [-0.05, 0) is 18.8 Å². The van der Waals surface area contributed by atoms with Gasteiger partial charge in [0.1, 0.15) is 5.75 Å². The summed E-state index contributed by atoms with van der Waals surface area (Å²) in [7, 11) is 0. The van der Waals surface area contributed by atoms with Gasteiger partial charge in [0.25, 0.3) is 0 Å². The van der Waals surface area contributed by atoms with Crippen molar-refractivity contribution in [3.8, 4) is 5.75 Å². The van der Waals surface area contributed by atoms with Crippen LogP contribution in [0.25, 0.3) is 0 Å². The molecule has 2 saturated heterocycles. The number of halogens is 2. The topological polar surface area (TPSA) is 37.4 Å². The normalized spacial score (nSPS) is 24.4. The molecule has 0 bridgehead atoms. The van der Waals surface area contributed by atoms with E-state index in [4.69, 9.17) is 4.74 Å². The summed E-state index contributed by atoms with van der Waals surface area (Å²) in [6, 6.07) is 2.10. The maximum absolute atomic E-state index is 5.50. The lowest BCUT2D eigenvalue weighted by Crippen LogP contribution is -2.25. The Bertz CT molecular complexity index is 393. The van der Waals surface area contributed by atoms with E-state index >= 15 is 0 Å². The molecule has 0 saturated carbocycles. The largest absolute Gasteiger partial charge is 0.492 e. The van der Waals surface area contributed by atoms with Crippen molar-refractivity contribution in [3.05, 3.63) is 18.5 Å². The van der Waals surface area contributed by atoms with Gasteiger partial charge in [-0.15, -0.1) is 24.8 Å². The lowest BCUT2D eigenvalue weighted by Gasteiger charge is -2.19. The van der Waals surface area contributed by atoms with Gasteiger partial charge >= 0.3 is 0 Å². The summed E-state index contributed by atoms with van der Waals surface area (Å²) in [6.45, 7) is 7.32. The number of hydrogen-bond donors (Lipinski definition) is 1. The molecule has 6 heteroatoms. The Balaban J connectivity index is 0.000000902. The van der Waals surface area contributed by atoms with Crippen LogP contribution in [0.15, 0.2) is 18.5 Å². The van der Waals surface area contributed by atoms with Crippen molar-refractivity contribution in [2.45, 2.75) is 6.92 Å². The molecule has 0 amide bonds. The van der Waals surface area contributed by atoms with Crippen molar-refractivity contribution in [1.29, 1.82) is 0 Å². The lowest BCUT2D eigenvalue weighted by molar-refractivity contribution is 0.339. The molecule has 1 aromatic heterocycles. The molecule has 4 nitrogen and oxygen atoms in total. The van der Waals surface area contributed by atoms with Gasteiger partial charge in [-0.25, -0.2) is 0 Å². The van der Waals surface area contributed by atoms with Gasteiger partial charge in [-0.3, -0.25) is 4.98 Å². The second kappa shape index (κ2) is 7.17. The van der Waals surface area contributed by atoms with Crippen LogP contribution >= 0.6 is 24.8 Å². The smallest absolute Gasteiger partial charge is 0.139 e. The number of nitrogens with zero attached hydrogens (tertiary/aromatic N) is 2. The number of hydrogen-bond acceptors (Lipinski definition) is 4. The minimum absolute atomic E-state index is 0. The van der Waals surface area contributed by atoms with Crippen LogP contribution in [-0.4, -0.2) is 37.8 Å². The Morgan fingerprint density at radius 2 is 1.95 bits per heavy atom. The average Bonchev–Trinajstić information content (AvgIpc) is 2.89. The Hall–Kier alpha value is -0.710. The standard InChI is InChI=1S/C13H19N3O.2ClH/c1-2-17-13-3-12(6-15-7-13)16-8-10-4-14-5-11(10)9-16;;/h3,6-7,10-11,14H,2,4-5,8-9H2,1H3;2*1H. The van der Waals surface area contributed by atoms with Gasteiger partial charge in [0.2, 0.25) is 0 Å². The van der Waals surface area contributed by atoms with Crippen molar-refractivity contribution in [2.24, 2.45) is 11.8 Å². The third-order valence-electron chi connectivity index (χ3n) is 3.76. The number of ether oxygens (including phenoxy) is 1. The second-order valence-electron chi connectivity index (χ2n) is 4.90. The summed E-state index contributed by atoms with van der Waals surface area (Å²) < 4.78 is 5.50. The first-order chi connectivity index (χ1) is 8.36. The number of pyridine rings is 1. The Labute approximate surface area is 126 Å². The zero-order chi connectivity index (χ0) is 11.7. The first-order valence-electron chi connectivity index (χ1n) is 6.40. The minimum Gasteiger partial charge on any atom is -0.492 e. The van der Waals surface area contributed by atoms with Crippen molar-refractivity contribution in [1.82, 2.24) is 10.3 Å². The van der Waals surface area contributed by atoms with Gasteiger partial charge in [-0.2, -0.15) is 0 Å². The third kappa shape index (κ3) is 3.44. The lowest BCUT2D eigenvalue weighted by atomic mass is 10.0. The highest BCUT2D eigenvalue weighted by atomic mass is 35.5. The molecule has 3 heterocycles. The van der Waals surface area contributed by atoms with E-state index < -0.39 is 0 Å². The molecule has 1 N–H and O–H groups in total. The minimum atomic E-state index is 0. The van der Waals surface area contributed by atoms with E-state index in [-0.39, 0.29) is 24.8 Å². The molecule has 2 fully saturated rings. The van der Waals surface area contributed by atoms with Crippen LogP contribution < -0.4 is 15.0 Å². The number of rotatable bonds is 3. The number of fused-ring (bicyclic) bond motifs is 1. The predicted molar refractivity (Wildman–Crippen MR) is 82.0 cm³/mol. The van der Waals surface area contributed by atoms with Crippen LogP contribution in [0.5, 0.6) is 5.75 Å².